The second-order valence-corrected chi connectivity index (χ2v) is 4.15. The smallest absolute Gasteiger partial charge is 0.388 e. The Morgan fingerprint density at radius 3 is 2.12 bits per heavy atom. The van der Waals surface area contributed by atoms with Crippen LogP contribution in [-0.2, 0) is 13.9 Å². The number of aliphatic hydroxyl groups excluding tert-OH is 3. The Balaban J connectivity index is 4.22. The van der Waals surface area contributed by atoms with Gasteiger partial charge in [-0.05, 0) is 0 Å². The molecule has 0 aliphatic rings. The van der Waals surface area contributed by atoms with Crippen LogP contribution in [0.1, 0.15) is 0 Å². The molecule has 0 bridgehead atoms. The zero-order valence-corrected chi connectivity index (χ0v) is 8.77. The summed E-state index contributed by atoms with van der Waals surface area (Å²) in [5.41, 5.74) is 0. The molecule has 0 aliphatic carbocycles. The molecule has 0 aromatic heterocycles. The van der Waals surface area contributed by atoms with Gasteiger partial charge in [-0.1, -0.05) is 0 Å². The zero-order valence-electron chi connectivity index (χ0n) is 7.88. The van der Waals surface area contributed by atoms with E-state index in [2.05, 4.69) is 4.52 Å². The SMILES string of the molecule is O=C[C@H]([18F])[C@@H](O)[C@H](O)[C@H](O)COP(=O)(O)O. The molecule has 96 valence electrons. The summed E-state index contributed by atoms with van der Waals surface area (Å²) in [6.45, 7) is -1.02. The Morgan fingerprint density at radius 1 is 1.25 bits per heavy atom. The molecule has 0 rings (SSSR count). The molecule has 5 N–H and O–H groups in total. The van der Waals surface area contributed by atoms with Crippen LogP contribution in [-0.4, -0.2) is 62.5 Å². The van der Waals surface area contributed by atoms with Crippen molar-refractivity contribution in [2.45, 2.75) is 24.5 Å². The standard InChI is InChI=1S/C6H12FO8P/c7-3(1-8)5(10)6(11)4(9)2-15-16(12,13)14/h1,3-6,9-11H,2H2,(H2,12,13,14)/t3-,4+,5+,6+/m0/s1/i7-1. The summed E-state index contributed by atoms with van der Waals surface area (Å²) in [6, 6.07) is 0. The molecule has 0 heterocycles. The van der Waals surface area contributed by atoms with Gasteiger partial charge in [-0.2, -0.15) is 0 Å². The first-order chi connectivity index (χ1) is 7.19. The number of aldehydes is 1. The third-order valence-corrected chi connectivity index (χ3v) is 2.10. The summed E-state index contributed by atoms with van der Waals surface area (Å²) in [7, 11) is -4.84. The molecule has 8 nitrogen and oxygen atoms in total. The minimum atomic E-state index is -4.84. The van der Waals surface area contributed by atoms with Gasteiger partial charge in [0.15, 0.2) is 12.5 Å². The Labute approximate surface area is 89.5 Å². The quantitative estimate of drug-likeness (QED) is 0.254. The number of halogens is 1. The van der Waals surface area contributed by atoms with Crippen molar-refractivity contribution in [2.75, 3.05) is 6.61 Å². The van der Waals surface area contributed by atoms with E-state index in [0.29, 0.717) is 0 Å². The number of phosphoric acid groups is 1. The summed E-state index contributed by atoms with van der Waals surface area (Å²) in [4.78, 5) is 26.4. The number of rotatable bonds is 7. The Bertz CT molecular complexity index is 267. The van der Waals surface area contributed by atoms with E-state index in [9.17, 15) is 13.8 Å². The van der Waals surface area contributed by atoms with Gasteiger partial charge in [0.2, 0.25) is 0 Å². The molecule has 0 aliphatic heterocycles. The first kappa shape index (κ1) is 15.6. The van der Waals surface area contributed by atoms with Crippen LogP contribution >= 0.6 is 7.82 Å². The molecule has 0 unspecified atom stereocenters. The van der Waals surface area contributed by atoms with Gasteiger partial charge in [-0.25, -0.2) is 8.96 Å². The van der Waals surface area contributed by atoms with Crippen molar-refractivity contribution in [1.29, 1.82) is 0 Å². The maximum absolute atomic E-state index is 12.5. The summed E-state index contributed by atoms with van der Waals surface area (Å²) in [6.07, 6.45) is -8.95. The van der Waals surface area contributed by atoms with Crippen LogP contribution < -0.4 is 0 Å². The highest BCUT2D eigenvalue weighted by atomic mass is 31.2. The maximum atomic E-state index is 12.5. The van der Waals surface area contributed by atoms with Gasteiger partial charge in [0.25, 0.3) is 0 Å². The molecule has 0 spiro atoms. The summed E-state index contributed by atoms with van der Waals surface area (Å²) in [5, 5.41) is 27.0. The van der Waals surface area contributed by atoms with Crippen LogP contribution in [0.25, 0.3) is 0 Å². The molecule has 0 aromatic rings. The number of phosphoric ester groups is 1. The minimum Gasteiger partial charge on any atom is -0.388 e. The summed E-state index contributed by atoms with van der Waals surface area (Å²) >= 11 is 0. The Hall–Kier alpha value is -0.410. The number of carbonyl (C=O) groups is 1. The van der Waals surface area contributed by atoms with Crippen molar-refractivity contribution < 1.29 is 43.4 Å². The highest BCUT2D eigenvalue weighted by Crippen LogP contribution is 2.35. The fourth-order valence-corrected chi connectivity index (χ4v) is 1.12. The van der Waals surface area contributed by atoms with E-state index in [0.717, 1.165) is 0 Å². The number of hydrogen-bond donors (Lipinski definition) is 5. The fraction of sp³-hybridized carbons (Fsp3) is 0.833. The van der Waals surface area contributed by atoms with Crippen molar-refractivity contribution in [3.8, 4) is 0 Å². The van der Waals surface area contributed by atoms with E-state index in [1.54, 1.807) is 0 Å². The van der Waals surface area contributed by atoms with Crippen molar-refractivity contribution in [3.63, 3.8) is 0 Å². The highest BCUT2D eigenvalue weighted by molar-refractivity contribution is 7.46. The van der Waals surface area contributed by atoms with Gasteiger partial charge >= 0.3 is 7.82 Å². The van der Waals surface area contributed by atoms with Crippen molar-refractivity contribution in [3.05, 3.63) is 0 Å². The first-order valence-corrected chi connectivity index (χ1v) is 5.55. The second kappa shape index (κ2) is 6.36. The average Bonchev–Trinajstić information content (AvgIpc) is 2.21. The zero-order chi connectivity index (χ0) is 12.9. The topological polar surface area (TPSA) is 145 Å². The number of hydrogen-bond acceptors (Lipinski definition) is 6. The van der Waals surface area contributed by atoms with Crippen LogP contribution in [0.4, 0.5) is 4.39 Å². The second-order valence-electron chi connectivity index (χ2n) is 2.92. The van der Waals surface area contributed by atoms with Crippen molar-refractivity contribution in [1.82, 2.24) is 0 Å². The fourth-order valence-electron chi connectivity index (χ4n) is 0.769. The lowest BCUT2D eigenvalue weighted by Gasteiger charge is -2.23. The van der Waals surface area contributed by atoms with E-state index < -0.39 is 38.9 Å². The molecule has 0 aromatic carbocycles. The molecule has 0 radical (unpaired) electrons. The lowest BCUT2D eigenvalue weighted by atomic mass is 10.1. The molecular weight excluding hydrogens is 249 g/mol. The normalized spacial score (nSPS) is 19.9. The Kier molecular flexibility index (Phi) is 6.19. The van der Waals surface area contributed by atoms with Gasteiger partial charge < -0.3 is 29.9 Å². The van der Waals surface area contributed by atoms with E-state index in [-0.39, 0.29) is 6.29 Å². The summed E-state index contributed by atoms with van der Waals surface area (Å²) in [5.74, 6) is 0. The van der Waals surface area contributed by atoms with Crippen molar-refractivity contribution >= 4 is 14.1 Å². The third-order valence-electron chi connectivity index (χ3n) is 1.61. The highest BCUT2D eigenvalue weighted by Gasteiger charge is 2.32. The van der Waals surface area contributed by atoms with Gasteiger partial charge in [-0.15, -0.1) is 0 Å². The van der Waals surface area contributed by atoms with E-state index >= 15 is 0 Å². The lowest BCUT2D eigenvalue weighted by molar-refractivity contribution is -0.127. The number of alkyl halides is 1. The molecule has 0 fully saturated rings. The molecule has 0 saturated heterocycles. The van der Waals surface area contributed by atoms with Crippen LogP contribution in [0.2, 0.25) is 0 Å². The molecule has 16 heavy (non-hydrogen) atoms. The van der Waals surface area contributed by atoms with Crippen molar-refractivity contribution in [2.24, 2.45) is 0 Å². The van der Waals surface area contributed by atoms with Crippen LogP contribution in [0.15, 0.2) is 0 Å². The minimum absolute atomic E-state index is 0.287. The lowest BCUT2D eigenvalue weighted by Crippen LogP contribution is -2.45. The van der Waals surface area contributed by atoms with Gasteiger partial charge in [0.1, 0.15) is 18.3 Å². The monoisotopic (exact) mass is 261 g/mol. The van der Waals surface area contributed by atoms with E-state index in [1.165, 1.54) is 0 Å². The Morgan fingerprint density at radius 2 is 1.75 bits per heavy atom. The predicted octanol–water partition coefficient (Wildman–Crippen LogP) is -2.28. The molecule has 10 heteroatoms. The third kappa shape index (κ3) is 5.61. The largest absolute Gasteiger partial charge is 0.469 e. The molecular formula is C6H12FO8P. The van der Waals surface area contributed by atoms with E-state index in [4.69, 9.17) is 25.1 Å². The number of carbonyl (C=O) groups excluding carboxylic acids is 1. The molecule has 0 amide bonds. The first-order valence-electron chi connectivity index (χ1n) is 4.02. The molecule has 0 saturated carbocycles. The van der Waals surface area contributed by atoms with Crippen LogP contribution in [0.3, 0.4) is 0 Å². The predicted molar refractivity (Wildman–Crippen MR) is 47.0 cm³/mol. The van der Waals surface area contributed by atoms with Crippen LogP contribution in [0.5, 0.6) is 0 Å². The maximum Gasteiger partial charge on any atom is 0.469 e. The average molecular weight is 261 g/mol. The number of aliphatic hydroxyl groups is 3. The van der Waals surface area contributed by atoms with Gasteiger partial charge in [0, 0.05) is 0 Å². The van der Waals surface area contributed by atoms with E-state index in [1.807, 2.05) is 0 Å². The van der Waals surface area contributed by atoms with Crippen LogP contribution in [0, 0.1) is 0 Å². The van der Waals surface area contributed by atoms with Gasteiger partial charge in [-0.3, -0.25) is 4.52 Å². The molecule has 4 atom stereocenters. The van der Waals surface area contributed by atoms with Gasteiger partial charge in [0.05, 0.1) is 6.61 Å². The summed E-state index contributed by atoms with van der Waals surface area (Å²) < 4.78 is 26.5.